The van der Waals surface area contributed by atoms with Crippen LogP contribution in [-0.2, 0) is 19.1 Å². The van der Waals surface area contributed by atoms with Gasteiger partial charge in [-0.1, -0.05) is 6.08 Å². The average molecular weight is 184 g/mol. The second-order valence-corrected chi connectivity index (χ2v) is 2.58. The first-order valence-corrected chi connectivity index (χ1v) is 3.82. The summed E-state index contributed by atoms with van der Waals surface area (Å²) in [4.78, 5) is 31.2. The fourth-order valence-corrected chi connectivity index (χ4v) is 0.676. The lowest BCUT2D eigenvalue weighted by atomic mass is 9.90. The standard InChI is InChI=1S/C9H12O4/c1-2-4-13-5-3-9(6-10,7-11)8-12/h2,6-8H,1,3-5H2. The lowest BCUT2D eigenvalue weighted by Gasteiger charge is -2.12. The van der Waals surface area contributed by atoms with E-state index in [0.717, 1.165) is 0 Å². The highest BCUT2D eigenvalue weighted by molar-refractivity contribution is 6.01. The normalized spacial score (nSPS) is 10.5. The van der Waals surface area contributed by atoms with Gasteiger partial charge in [0.15, 0.2) is 0 Å². The minimum absolute atomic E-state index is 0.0807. The van der Waals surface area contributed by atoms with Gasteiger partial charge in [-0.2, -0.15) is 0 Å². The molecule has 0 aliphatic carbocycles. The second kappa shape index (κ2) is 6.25. The smallest absolute Gasteiger partial charge is 0.140 e. The lowest BCUT2D eigenvalue weighted by molar-refractivity contribution is -0.134. The van der Waals surface area contributed by atoms with Crippen molar-refractivity contribution in [3.63, 3.8) is 0 Å². The summed E-state index contributed by atoms with van der Waals surface area (Å²) in [5, 5.41) is 0. The largest absolute Gasteiger partial charge is 0.377 e. The molecule has 0 aromatic carbocycles. The fraction of sp³-hybridized carbons (Fsp3) is 0.444. The van der Waals surface area contributed by atoms with Crippen molar-refractivity contribution in [2.75, 3.05) is 13.2 Å². The summed E-state index contributed by atoms with van der Waals surface area (Å²) < 4.78 is 4.95. The second-order valence-electron chi connectivity index (χ2n) is 2.58. The Kier molecular flexibility index (Phi) is 5.63. The Morgan fingerprint density at radius 3 is 2.08 bits per heavy atom. The molecule has 72 valence electrons. The molecular weight excluding hydrogens is 172 g/mol. The maximum atomic E-state index is 10.4. The molecule has 0 spiro atoms. The summed E-state index contributed by atoms with van der Waals surface area (Å²) in [6, 6.07) is 0. The molecule has 0 fully saturated rings. The molecule has 0 radical (unpaired) electrons. The lowest BCUT2D eigenvalue weighted by Crippen LogP contribution is -2.28. The molecule has 0 aromatic rings. The zero-order chi connectivity index (χ0) is 10.2. The number of hydrogen-bond acceptors (Lipinski definition) is 4. The SMILES string of the molecule is C=CCOCCC(C=O)(C=O)C=O. The van der Waals surface area contributed by atoms with E-state index in [2.05, 4.69) is 6.58 Å². The Morgan fingerprint density at radius 1 is 1.15 bits per heavy atom. The highest BCUT2D eigenvalue weighted by Crippen LogP contribution is 2.12. The van der Waals surface area contributed by atoms with Crippen LogP contribution in [0.15, 0.2) is 12.7 Å². The summed E-state index contributed by atoms with van der Waals surface area (Å²) in [6.07, 6.45) is 2.64. The third kappa shape index (κ3) is 3.75. The van der Waals surface area contributed by atoms with E-state index < -0.39 is 5.41 Å². The van der Waals surface area contributed by atoms with Crippen LogP contribution in [-0.4, -0.2) is 32.1 Å². The van der Waals surface area contributed by atoms with Crippen molar-refractivity contribution < 1.29 is 19.1 Å². The van der Waals surface area contributed by atoms with Gasteiger partial charge in [0.05, 0.1) is 6.61 Å². The average Bonchev–Trinajstić information content (AvgIpc) is 2.20. The van der Waals surface area contributed by atoms with Crippen LogP contribution in [0.2, 0.25) is 0 Å². The van der Waals surface area contributed by atoms with Crippen LogP contribution in [0, 0.1) is 5.41 Å². The van der Waals surface area contributed by atoms with Gasteiger partial charge in [0.25, 0.3) is 0 Å². The zero-order valence-corrected chi connectivity index (χ0v) is 7.27. The van der Waals surface area contributed by atoms with Gasteiger partial charge in [0, 0.05) is 6.61 Å². The number of carbonyl (C=O) groups excluding carboxylic acids is 3. The van der Waals surface area contributed by atoms with E-state index in [9.17, 15) is 14.4 Å². The van der Waals surface area contributed by atoms with Crippen LogP contribution in [0.3, 0.4) is 0 Å². The molecule has 0 heterocycles. The Hall–Kier alpha value is -1.29. The molecule has 0 amide bonds. The summed E-state index contributed by atoms with van der Waals surface area (Å²) in [5.74, 6) is 0. The Labute approximate surface area is 76.6 Å². The first-order valence-electron chi connectivity index (χ1n) is 3.82. The third-order valence-corrected chi connectivity index (χ3v) is 1.57. The predicted molar refractivity (Wildman–Crippen MR) is 46.3 cm³/mol. The molecule has 0 aromatic heterocycles. The number of aldehydes is 3. The molecule has 0 bridgehead atoms. The first-order chi connectivity index (χ1) is 6.24. The van der Waals surface area contributed by atoms with E-state index in [1.54, 1.807) is 6.08 Å². The van der Waals surface area contributed by atoms with E-state index in [0.29, 0.717) is 25.5 Å². The van der Waals surface area contributed by atoms with Crippen LogP contribution in [0.1, 0.15) is 6.42 Å². The summed E-state index contributed by atoms with van der Waals surface area (Å²) in [7, 11) is 0. The summed E-state index contributed by atoms with van der Waals surface area (Å²) in [5.41, 5.74) is -1.53. The number of ether oxygens (including phenoxy) is 1. The van der Waals surface area contributed by atoms with Crippen molar-refractivity contribution in [1.82, 2.24) is 0 Å². The van der Waals surface area contributed by atoms with Crippen molar-refractivity contribution in [2.24, 2.45) is 5.41 Å². The summed E-state index contributed by atoms with van der Waals surface area (Å²) >= 11 is 0. The fourth-order valence-electron chi connectivity index (χ4n) is 0.676. The molecule has 4 nitrogen and oxygen atoms in total. The van der Waals surface area contributed by atoms with Crippen molar-refractivity contribution in [3.05, 3.63) is 12.7 Å². The Balaban J connectivity index is 3.95. The van der Waals surface area contributed by atoms with Gasteiger partial charge in [-0.25, -0.2) is 0 Å². The van der Waals surface area contributed by atoms with Crippen LogP contribution < -0.4 is 0 Å². The van der Waals surface area contributed by atoms with Crippen LogP contribution in [0.4, 0.5) is 0 Å². The molecule has 0 saturated carbocycles. The molecule has 4 heteroatoms. The molecule has 0 N–H and O–H groups in total. The maximum Gasteiger partial charge on any atom is 0.140 e. The van der Waals surface area contributed by atoms with Crippen LogP contribution >= 0.6 is 0 Å². The monoisotopic (exact) mass is 184 g/mol. The number of hydrogen-bond donors (Lipinski definition) is 0. The van der Waals surface area contributed by atoms with E-state index in [1.807, 2.05) is 0 Å². The van der Waals surface area contributed by atoms with E-state index in [4.69, 9.17) is 4.74 Å². The van der Waals surface area contributed by atoms with Gasteiger partial charge in [0.2, 0.25) is 0 Å². The molecule has 0 rings (SSSR count). The van der Waals surface area contributed by atoms with E-state index in [-0.39, 0.29) is 13.0 Å². The topological polar surface area (TPSA) is 60.4 Å². The molecule has 0 aliphatic rings. The van der Waals surface area contributed by atoms with Crippen molar-refractivity contribution >= 4 is 18.9 Å². The van der Waals surface area contributed by atoms with Crippen molar-refractivity contribution in [3.8, 4) is 0 Å². The first kappa shape index (κ1) is 11.7. The highest BCUT2D eigenvalue weighted by atomic mass is 16.5. The predicted octanol–water partition coefficient (Wildman–Crippen LogP) is 0.162. The molecule has 13 heavy (non-hydrogen) atoms. The van der Waals surface area contributed by atoms with Gasteiger partial charge < -0.3 is 19.1 Å². The minimum Gasteiger partial charge on any atom is -0.377 e. The van der Waals surface area contributed by atoms with Gasteiger partial charge in [-0.05, 0) is 6.42 Å². The summed E-state index contributed by atoms with van der Waals surface area (Å²) in [6.45, 7) is 3.94. The minimum atomic E-state index is -1.53. The molecular formula is C9H12O4. The molecule has 0 unspecified atom stereocenters. The van der Waals surface area contributed by atoms with Crippen molar-refractivity contribution in [2.45, 2.75) is 6.42 Å². The van der Waals surface area contributed by atoms with Crippen LogP contribution in [0.5, 0.6) is 0 Å². The zero-order valence-electron chi connectivity index (χ0n) is 7.27. The van der Waals surface area contributed by atoms with Crippen LogP contribution in [0.25, 0.3) is 0 Å². The molecule has 0 atom stereocenters. The van der Waals surface area contributed by atoms with Gasteiger partial charge >= 0.3 is 0 Å². The number of rotatable bonds is 8. The highest BCUT2D eigenvalue weighted by Gasteiger charge is 2.28. The maximum absolute atomic E-state index is 10.4. The number of carbonyl (C=O) groups is 3. The van der Waals surface area contributed by atoms with Crippen molar-refractivity contribution in [1.29, 1.82) is 0 Å². The van der Waals surface area contributed by atoms with Gasteiger partial charge in [0.1, 0.15) is 24.3 Å². The van der Waals surface area contributed by atoms with Gasteiger partial charge in [-0.15, -0.1) is 6.58 Å². The van der Waals surface area contributed by atoms with E-state index >= 15 is 0 Å². The van der Waals surface area contributed by atoms with Gasteiger partial charge in [-0.3, -0.25) is 0 Å². The Morgan fingerprint density at radius 2 is 1.69 bits per heavy atom. The van der Waals surface area contributed by atoms with E-state index in [1.165, 1.54) is 0 Å². The molecule has 0 aliphatic heterocycles. The third-order valence-electron chi connectivity index (χ3n) is 1.57. The quantitative estimate of drug-likeness (QED) is 0.233. The molecule has 0 saturated heterocycles. The Bertz CT molecular complexity index is 176.